The fourth-order valence-corrected chi connectivity index (χ4v) is 2.70. The van der Waals surface area contributed by atoms with Crippen LogP contribution in [0.4, 0.5) is 11.4 Å². The standard InChI is InChI=1S/C12H17ClN2O4S/c1-8-6-11(10(13)7-12(8)15(16)17)14-9(2)4-5-20(3,18)19/h6-7,9,14H,4-5H2,1-3H3. The topological polar surface area (TPSA) is 89.3 Å². The number of sulfone groups is 1. The molecule has 20 heavy (non-hydrogen) atoms. The molecule has 1 aromatic rings. The van der Waals surface area contributed by atoms with E-state index in [1.165, 1.54) is 12.3 Å². The van der Waals surface area contributed by atoms with Gasteiger partial charge in [-0.2, -0.15) is 0 Å². The summed E-state index contributed by atoms with van der Waals surface area (Å²) in [5.41, 5.74) is 1.03. The van der Waals surface area contributed by atoms with Gasteiger partial charge in [0.05, 0.1) is 21.4 Å². The normalized spacial score (nSPS) is 13.0. The Kier molecular flexibility index (Phi) is 5.35. The Labute approximate surface area is 123 Å². The lowest BCUT2D eigenvalue weighted by molar-refractivity contribution is -0.385. The predicted octanol–water partition coefficient (Wildman–Crippen LogP) is 2.79. The molecule has 0 amide bonds. The third-order valence-electron chi connectivity index (χ3n) is 2.81. The summed E-state index contributed by atoms with van der Waals surface area (Å²) in [6.45, 7) is 3.46. The van der Waals surface area contributed by atoms with Crippen LogP contribution in [0.2, 0.25) is 5.02 Å². The number of hydrogen-bond acceptors (Lipinski definition) is 5. The van der Waals surface area contributed by atoms with E-state index in [4.69, 9.17) is 11.6 Å². The summed E-state index contributed by atoms with van der Waals surface area (Å²) in [4.78, 5) is 10.3. The number of rotatable bonds is 6. The van der Waals surface area contributed by atoms with Gasteiger partial charge in [0.1, 0.15) is 9.84 Å². The zero-order chi connectivity index (χ0) is 15.5. The average Bonchev–Trinajstić information content (AvgIpc) is 2.29. The highest BCUT2D eigenvalue weighted by atomic mass is 35.5. The second-order valence-corrected chi connectivity index (χ2v) is 7.51. The Morgan fingerprint density at radius 3 is 2.55 bits per heavy atom. The third-order valence-corrected chi connectivity index (χ3v) is 4.10. The lowest BCUT2D eigenvalue weighted by Gasteiger charge is -2.16. The maximum atomic E-state index is 11.1. The molecule has 1 atom stereocenters. The molecule has 0 aromatic heterocycles. The highest BCUT2D eigenvalue weighted by Crippen LogP contribution is 2.30. The molecule has 0 aliphatic rings. The van der Waals surface area contributed by atoms with Crippen LogP contribution in [-0.2, 0) is 9.84 Å². The number of aryl methyl sites for hydroxylation is 1. The first-order chi connectivity index (χ1) is 9.10. The summed E-state index contributed by atoms with van der Waals surface area (Å²) in [5, 5.41) is 14.1. The van der Waals surface area contributed by atoms with Crippen LogP contribution in [0.3, 0.4) is 0 Å². The van der Waals surface area contributed by atoms with Gasteiger partial charge in [0, 0.05) is 23.9 Å². The molecule has 6 nitrogen and oxygen atoms in total. The first kappa shape index (κ1) is 16.7. The second-order valence-electron chi connectivity index (χ2n) is 4.84. The summed E-state index contributed by atoms with van der Waals surface area (Å²) in [6.07, 6.45) is 1.62. The van der Waals surface area contributed by atoms with E-state index in [0.29, 0.717) is 17.7 Å². The van der Waals surface area contributed by atoms with Crippen molar-refractivity contribution >= 4 is 32.8 Å². The SMILES string of the molecule is Cc1cc(NC(C)CCS(C)(=O)=O)c(Cl)cc1[N+](=O)[O-]. The van der Waals surface area contributed by atoms with Crippen LogP contribution in [0.25, 0.3) is 0 Å². The molecule has 0 aliphatic carbocycles. The Hall–Kier alpha value is -1.34. The van der Waals surface area contributed by atoms with Gasteiger partial charge >= 0.3 is 0 Å². The summed E-state index contributed by atoms with van der Waals surface area (Å²) < 4.78 is 22.2. The van der Waals surface area contributed by atoms with Crippen molar-refractivity contribution in [1.29, 1.82) is 0 Å². The minimum atomic E-state index is -3.01. The van der Waals surface area contributed by atoms with Crippen LogP contribution in [0, 0.1) is 17.0 Å². The Bertz CT molecular complexity index is 616. The monoisotopic (exact) mass is 320 g/mol. The van der Waals surface area contributed by atoms with Crippen molar-refractivity contribution in [2.75, 3.05) is 17.3 Å². The van der Waals surface area contributed by atoms with Crippen molar-refractivity contribution in [1.82, 2.24) is 0 Å². The number of nitrogens with one attached hydrogen (secondary N) is 1. The average molecular weight is 321 g/mol. The van der Waals surface area contributed by atoms with Gasteiger partial charge in [0.15, 0.2) is 0 Å². The number of halogens is 1. The van der Waals surface area contributed by atoms with Gasteiger partial charge in [-0.15, -0.1) is 0 Å². The van der Waals surface area contributed by atoms with Crippen LogP contribution in [0.1, 0.15) is 18.9 Å². The molecule has 0 spiro atoms. The molecule has 1 aromatic carbocycles. The first-order valence-corrected chi connectivity index (χ1v) is 8.43. The van der Waals surface area contributed by atoms with Crippen molar-refractivity contribution in [2.24, 2.45) is 0 Å². The molecule has 0 saturated carbocycles. The van der Waals surface area contributed by atoms with Crippen LogP contribution >= 0.6 is 11.6 Å². The van der Waals surface area contributed by atoms with Gasteiger partial charge in [-0.05, 0) is 26.3 Å². The molecule has 0 saturated heterocycles. The Balaban J connectivity index is 2.83. The van der Waals surface area contributed by atoms with E-state index in [2.05, 4.69) is 5.32 Å². The van der Waals surface area contributed by atoms with Gasteiger partial charge in [-0.1, -0.05) is 11.6 Å². The van der Waals surface area contributed by atoms with Crippen molar-refractivity contribution < 1.29 is 13.3 Å². The largest absolute Gasteiger partial charge is 0.381 e. The van der Waals surface area contributed by atoms with Crippen molar-refractivity contribution in [3.8, 4) is 0 Å². The van der Waals surface area contributed by atoms with E-state index >= 15 is 0 Å². The van der Waals surface area contributed by atoms with E-state index in [9.17, 15) is 18.5 Å². The lowest BCUT2D eigenvalue weighted by atomic mass is 10.1. The number of nitrogens with zero attached hydrogens (tertiary/aromatic N) is 1. The number of nitro groups is 1. The summed E-state index contributed by atoms with van der Waals surface area (Å²) in [7, 11) is -3.01. The fraction of sp³-hybridized carbons (Fsp3) is 0.500. The number of nitro benzene ring substituents is 1. The molecule has 1 N–H and O–H groups in total. The van der Waals surface area contributed by atoms with Gasteiger partial charge in [-0.25, -0.2) is 8.42 Å². The summed E-state index contributed by atoms with van der Waals surface area (Å²) in [6, 6.07) is 2.78. The minimum absolute atomic E-state index is 0.0376. The maximum Gasteiger partial charge on any atom is 0.273 e. The molecule has 1 unspecified atom stereocenters. The number of anilines is 1. The number of benzene rings is 1. The van der Waals surface area contributed by atoms with Crippen molar-refractivity contribution in [3.63, 3.8) is 0 Å². The lowest BCUT2D eigenvalue weighted by Crippen LogP contribution is -2.19. The molecule has 0 radical (unpaired) electrons. The van der Waals surface area contributed by atoms with E-state index in [0.717, 1.165) is 0 Å². The molecule has 0 aliphatic heterocycles. The third kappa shape index (κ3) is 4.97. The minimum Gasteiger partial charge on any atom is -0.381 e. The highest BCUT2D eigenvalue weighted by molar-refractivity contribution is 7.90. The zero-order valence-corrected chi connectivity index (χ0v) is 13.1. The smallest absolute Gasteiger partial charge is 0.273 e. The van der Waals surface area contributed by atoms with Crippen molar-refractivity contribution in [3.05, 3.63) is 32.8 Å². The van der Waals surface area contributed by atoms with E-state index < -0.39 is 14.8 Å². The first-order valence-electron chi connectivity index (χ1n) is 5.99. The molecule has 0 fully saturated rings. The molecule has 0 bridgehead atoms. The maximum absolute atomic E-state index is 11.1. The molecule has 0 heterocycles. The molecular weight excluding hydrogens is 304 g/mol. The van der Waals surface area contributed by atoms with E-state index in [-0.39, 0.29) is 22.5 Å². The van der Waals surface area contributed by atoms with Gasteiger partial charge in [0.25, 0.3) is 5.69 Å². The van der Waals surface area contributed by atoms with Crippen LogP contribution in [-0.4, -0.2) is 31.4 Å². The van der Waals surface area contributed by atoms with Gasteiger partial charge in [-0.3, -0.25) is 10.1 Å². The fourth-order valence-electron chi connectivity index (χ4n) is 1.71. The quantitative estimate of drug-likeness (QED) is 0.643. The second kappa shape index (κ2) is 6.41. The predicted molar refractivity (Wildman–Crippen MR) is 80.3 cm³/mol. The Morgan fingerprint density at radius 2 is 2.05 bits per heavy atom. The Morgan fingerprint density at radius 1 is 1.45 bits per heavy atom. The van der Waals surface area contributed by atoms with Gasteiger partial charge in [0.2, 0.25) is 0 Å². The molecule has 1 rings (SSSR count). The van der Waals surface area contributed by atoms with E-state index in [1.54, 1.807) is 13.0 Å². The highest BCUT2D eigenvalue weighted by Gasteiger charge is 2.16. The van der Waals surface area contributed by atoms with Gasteiger partial charge < -0.3 is 5.32 Å². The van der Waals surface area contributed by atoms with Crippen LogP contribution in [0.15, 0.2) is 12.1 Å². The van der Waals surface area contributed by atoms with Crippen LogP contribution < -0.4 is 5.32 Å². The summed E-state index contributed by atoms with van der Waals surface area (Å²) >= 11 is 5.99. The van der Waals surface area contributed by atoms with E-state index in [1.807, 2.05) is 6.92 Å². The summed E-state index contributed by atoms with van der Waals surface area (Å²) in [5.74, 6) is 0.0742. The zero-order valence-electron chi connectivity index (χ0n) is 11.5. The van der Waals surface area contributed by atoms with Crippen molar-refractivity contribution in [2.45, 2.75) is 26.3 Å². The molecular formula is C12H17ClN2O4S. The molecule has 112 valence electrons. The molecule has 8 heteroatoms. The van der Waals surface area contributed by atoms with Crippen LogP contribution in [0.5, 0.6) is 0 Å². The number of hydrogen-bond donors (Lipinski definition) is 1.